The number of rotatable bonds is 4. The van der Waals surface area contributed by atoms with Crippen LogP contribution in [0.4, 0.5) is 10.1 Å². The van der Waals surface area contributed by atoms with E-state index in [2.05, 4.69) is 31.1 Å². The predicted octanol–water partition coefficient (Wildman–Crippen LogP) is 6.60. The molecule has 1 fully saturated rings. The maximum absolute atomic E-state index is 13.8. The Bertz CT molecular complexity index is 1280. The first-order valence-electron chi connectivity index (χ1n) is 9.92. The lowest BCUT2D eigenvalue weighted by atomic mass is 10.0. The molecule has 1 aliphatic heterocycles. The molecule has 0 radical (unpaired) electrons. The number of nitrogens with zero attached hydrogens (tertiary/aromatic N) is 3. The van der Waals surface area contributed by atoms with E-state index >= 15 is 0 Å². The molecule has 160 valence electrons. The van der Waals surface area contributed by atoms with Crippen LogP contribution in [-0.4, -0.2) is 14.7 Å². The fourth-order valence-corrected chi connectivity index (χ4v) is 4.83. The topological polar surface area (TPSA) is 33.1 Å². The summed E-state index contributed by atoms with van der Waals surface area (Å²) in [5, 5.41) is 4.14. The van der Waals surface area contributed by atoms with Crippen molar-refractivity contribution in [2.75, 3.05) is 4.90 Å². The van der Waals surface area contributed by atoms with Gasteiger partial charge < -0.3 is 14.8 Å². The van der Waals surface area contributed by atoms with Crippen molar-refractivity contribution in [1.82, 2.24) is 14.9 Å². The summed E-state index contributed by atoms with van der Waals surface area (Å²) in [6, 6.07) is 22.2. The van der Waals surface area contributed by atoms with Gasteiger partial charge in [-0.05, 0) is 78.9 Å². The van der Waals surface area contributed by atoms with Crippen LogP contribution in [0.1, 0.15) is 23.5 Å². The molecule has 0 bridgehead atoms. The zero-order valence-electron chi connectivity index (χ0n) is 16.6. The van der Waals surface area contributed by atoms with Gasteiger partial charge in [-0.2, -0.15) is 0 Å². The minimum absolute atomic E-state index is 0.0771. The molecule has 4 aromatic rings. The monoisotopic (exact) mass is 526 g/mol. The molecule has 5 rings (SSSR count). The second-order valence-corrected chi connectivity index (χ2v) is 9.08. The fourth-order valence-electron chi connectivity index (χ4n) is 4.04. The molecule has 2 atom stereocenters. The fraction of sp³-hybridized carbons (Fsp3) is 0.0833. The maximum atomic E-state index is 13.8. The van der Waals surface area contributed by atoms with Crippen LogP contribution in [0.3, 0.4) is 0 Å². The SMILES string of the molecule is Fc1ccc(-n2cccc2[C@@H]2[C@H](c3ccccn3)NC(=S)N2c2ccc(Br)cc2)cc1Cl. The van der Waals surface area contributed by atoms with Crippen LogP contribution >= 0.6 is 39.7 Å². The Balaban J connectivity index is 1.67. The quantitative estimate of drug-likeness (QED) is 0.303. The Hall–Kier alpha value is -2.74. The summed E-state index contributed by atoms with van der Waals surface area (Å²) in [7, 11) is 0. The zero-order valence-corrected chi connectivity index (χ0v) is 19.8. The Morgan fingerprint density at radius 2 is 1.78 bits per heavy atom. The van der Waals surface area contributed by atoms with E-state index in [4.69, 9.17) is 23.8 Å². The average molecular weight is 528 g/mol. The largest absolute Gasteiger partial charge is 0.351 e. The summed E-state index contributed by atoms with van der Waals surface area (Å²) in [6.07, 6.45) is 3.72. The molecule has 2 aromatic carbocycles. The van der Waals surface area contributed by atoms with Crippen molar-refractivity contribution in [3.63, 3.8) is 0 Å². The number of aromatic nitrogens is 2. The second kappa shape index (κ2) is 8.65. The molecule has 1 saturated heterocycles. The molecule has 2 aromatic heterocycles. The lowest BCUT2D eigenvalue weighted by Gasteiger charge is -2.29. The van der Waals surface area contributed by atoms with E-state index in [1.807, 2.05) is 65.4 Å². The summed E-state index contributed by atoms with van der Waals surface area (Å²) in [4.78, 5) is 6.68. The molecule has 8 heteroatoms. The molecule has 0 amide bonds. The Morgan fingerprint density at radius 1 is 1.00 bits per heavy atom. The van der Waals surface area contributed by atoms with E-state index in [9.17, 15) is 4.39 Å². The van der Waals surface area contributed by atoms with Gasteiger partial charge in [0.1, 0.15) is 11.9 Å². The van der Waals surface area contributed by atoms with Crippen LogP contribution in [0.2, 0.25) is 5.02 Å². The number of nitrogens with one attached hydrogen (secondary N) is 1. The van der Waals surface area contributed by atoms with Gasteiger partial charge in [-0.15, -0.1) is 0 Å². The van der Waals surface area contributed by atoms with Crippen LogP contribution in [-0.2, 0) is 0 Å². The standard InChI is InChI=1S/C24H17BrClFN4S/c25-15-6-8-16(9-7-15)31-23(22(29-24(31)32)20-4-1-2-12-28-20)21-5-3-13-30(21)17-10-11-19(27)18(26)14-17/h1-14,22-23H,(H,29,32)/t22-,23+/m0/s1. The third-order valence-corrected chi connectivity index (χ3v) is 6.60. The molecule has 1 N–H and O–H groups in total. The molecule has 0 saturated carbocycles. The normalized spacial score (nSPS) is 18.1. The van der Waals surface area contributed by atoms with Crippen molar-refractivity contribution in [2.24, 2.45) is 0 Å². The van der Waals surface area contributed by atoms with E-state index in [-0.39, 0.29) is 17.1 Å². The van der Waals surface area contributed by atoms with E-state index in [0.29, 0.717) is 5.11 Å². The summed E-state index contributed by atoms with van der Waals surface area (Å²) >= 11 is 15.4. The van der Waals surface area contributed by atoms with Gasteiger partial charge in [-0.1, -0.05) is 33.6 Å². The number of benzene rings is 2. The minimum atomic E-state index is -0.448. The molecule has 3 heterocycles. The smallest absolute Gasteiger partial charge is 0.174 e. The molecule has 4 nitrogen and oxygen atoms in total. The highest BCUT2D eigenvalue weighted by Crippen LogP contribution is 2.42. The Labute approximate surface area is 203 Å². The van der Waals surface area contributed by atoms with E-state index in [1.54, 1.807) is 18.3 Å². The lowest BCUT2D eigenvalue weighted by molar-refractivity contribution is 0.549. The highest BCUT2D eigenvalue weighted by atomic mass is 79.9. The van der Waals surface area contributed by atoms with E-state index in [1.165, 1.54) is 6.07 Å². The predicted molar refractivity (Wildman–Crippen MR) is 133 cm³/mol. The number of halogens is 3. The van der Waals surface area contributed by atoms with Crippen molar-refractivity contribution in [3.8, 4) is 5.69 Å². The first-order chi connectivity index (χ1) is 15.5. The second-order valence-electron chi connectivity index (χ2n) is 7.37. The molecular weight excluding hydrogens is 511 g/mol. The lowest BCUT2D eigenvalue weighted by Crippen LogP contribution is -2.30. The van der Waals surface area contributed by atoms with E-state index in [0.717, 1.165) is 27.2 Å². The molecule has 1 aliphatic rings. The van der Waals surface area contributed by atoms with E-state index < -0.39 is 5.82 Å². The van der Waals surface area contributed by atoms with Crippen molar-refractivity contribution in [3.05, 3.63) is 112 Å². The van der Waals surface area contributed by atoms with Crippen molar-refractivity contribution in [1.29, 1.82) is 0 Å². The summed E-state index contributed by atoms with van der Waals surface area (Å²) in [6.45, 7) is 0. The molecule has 0 aliphatic carbocycles. The van der Waals surface area contributed by atoms with Crippen LogP contribution in [0.25, 0.3) is 5.69 Å². The molecule has 32 heavy (non-hydrogen) atoms. The minimum Gasteiger partial charge on any atom is -0.351 e. The van der Waals surface area contributed by atoms with Gasteiger partial charge in [0.05, 0.1) is 16.8 Å². The summed E-state index contributed by atoms with van der Waals surface area (Å²) < 4.78 is 16.8. The molecule has 0 spiro atoms. The number of pyridine rings is 1. The third-order valence-electron chi connectivity index (χ3n) is 5.47. The zero-order chi connectivity index (χ0) is 22.2. The average Bonchev–Trinajstić information content (AvgIpc) is 3.41. The van der Waals surface area contributed by atoms with Crippen LogP contribution in [0.5, 0.6) is 0 Å². The van der Waals surface area contributed by atoms with Crippen molar-refractivity contribution >= 4 is 50.5 Å². The van der Waals surface area contributed by atoms with Gasteiger partial charge in [0.15, 0.2) is 5.11 Å². The van der Waals surface area contributed by atoms with Gasteiger partial charge in [0.25, 0.3) is 0 Å². The third kappa shape index (κ3) is 3.81. The Morgan fingerprint density at radius 3 is 2.50 bits per heavy atom. The maximum Gasteiger partial charge on any atom is 0.174 e. The number of anilines is 1. The van der Waals surface area contributed by atoms with Crippen LogP contribution in [0, 0.1) is 5.82 Å². The number of hydrogen-bond donors (Lipinski definition) is 1. The number of thiocarbonyl (C=S) groups is 1. The van der Waals surface area contributed by atoms with Crippen molar-refractivity contribution < 1.29 is 4.39 Å². The summed E-state index contributed by atoms with van der Waals surface area (Å²) in [5.41, 5.74) is 3.58. The highest BCUT2D eigenvalue weighted by molar-refractivity contribution is 9.10. The van der Waals surface area contributed by atoms with Gasteiger partial charge in [0, 0.05) is 33.9 Å². The van der Waals surface area contributed by atoms with Gasteiger partial charge in [-0.3, -0.25) is 4.98 Å². The first kappa shape index (κ1) is 21.1. The first-order valence-corrected chi connectivity index (χ1v) is 11.5. The molecule has 0 unspecified atom stereocenters. The van der Waals surface area contributed by atoms with Gasteiger partial charge >= 0.3 is 0 Å². The van der Waals surface area contributed by atoms with Gasteiger partial charge in [-0.25, -0.2) is 4.39 Å². The summed E-state index contributed by atoms with van der Waals surface area (Å²) in [5.74, 6) is -0.448. The molecular formula is C24H17BrClFN4S. The highest BCUT2D eigenvalue weighted by Gasteiger charge is 2.42. The van der Waals surface area contributed by atoms with Crippen LogP contribution in [0.15, 0.2) is 89.7 Å². The number of hydrogen-bond acceptors (Lipinski definition) is 2. The van der Waals surface area contributed by atoms with Crippen molar-refractivity contribution in [2.45, 2.75) is 12.1 Å². The Kier molecular flexibility index (Phi) is 5.71. The van der Waals surface area contributed by atoms with Crippen LogP contribution < -0.4 is 10.2 Å². The van der Waals surface area contributed by atoms with Gasteiger partial charge in [0.2, 0.25) is 0 Å².